The van der Waals surface area contributed by atoms with Crippen molar-refractivity contribution in [2.75, 3.05) is 42.7 Å². The van der Waals surface area contributed by atoms with Gasteiger partial charge < -0.3 is 25.0 Å². The Labute approximate surface area is 338 Å². The number of piperidine rings is 1. The lowest BCUT2D eigenvalue weighted by atomic mass is 10.0. The summed E-state index contributed by atoms with van der Waals surface area (Å²) in [7, 11) is -3.27. The van der Waals surface area contributed by atoms with Crippen molar-refractivity contribution in [3.63, 3.8) is 0 Å². The molecule has 304 valence electrons. The molecule has 3 aliphatic rings. The summed E-state index contributed by atoms with van der Waals surface area (Å²) in [6, 6.07) is 25.6. The molecule has 14 nitrogen and oxygen atoms in total. The molecular weight excluding hydrogens is 757 g/mol. The number of aromatic amines is 1. The molecule has 2 fully saturated rings. The van der Waals surface area contributed by atoms with E-state index >= 15 is 0 Å². The number of aromatic nitrogens is 1. The average molecular weight is 807 g/mol. The van der Waals surface area contributed by atoms with Gasteiger partial charge in [0.1, 0.15) is 11.5 Å². The molecule has 1 aromatic heterocycles. The first-order valence-electron chi connectivity index (χ1n) is 19.9. The average Bonchev–Trinajstić information content (AvgIpc) is 3.54. The maximum absolute atomic E-state index is 13.1. The summed E-state index contributed by atoms with van der Waals surface area (Å²) in [6.07, 6.45) is 6.21. The molecule has 4 amide bonds. The molecule has 15 heteroatoms. The van der Waals surface area contributed by atoms with Gasteiger partial charge in [-0.3, -0.25) is 30.2 Å². The summed E-state index contributed by atoms with van der Waals surface area (Å²) >= 11 is 0. The van der Waals surface area contributed by atoms with E-state index in [4.69, 9.17) is 5.73 Å². The quantitative estimate of drug-likeness (QED) is 0.0831. The lowest BCUT2D eigenvalue weighted by Gasteiger charge is -2.36. The van der Waals surface area contributed by atoms with E-state index in [-0.39, 0.29) is 29.0 Å². The molecule has 0 saturated carbocycles. The van der Waals surface area contributed by atoms with Crippen molar-refractivity contribution < 1.29 is 27.6 Å². The zero-order valence-electron chi connectivity index (χ0n) is 32.7. The number of hydrogen-bond donors (Lipinski definition) is 4. The standard InChI is InChI=1S/C43H50N8O6S/c1-58(56,57)34-19-13-30(14-20-34)36-8-6-9-38(46-36)47-43(44)45-32-15-17-33(18-16-32)49-23-25-50(26-24-49)40(53)10-5-3-2-4-7-29-11-12-31-28-51(42(55)35(31)27-29)37-21-22-39(52)48-41(37)54/h6,8-9,11-20,27,37,43,45H,2-5,7,10,21-26,28,44H2,1H3,(H,46,47)(H,48,52,54). The van der Waals surface area contributed by atoms with Gasteiger partial charge in [-0.25, -0.2) is 13.4 Å². The zero-order chi connectivity index (χ0) is 40.8. The van der Waals surface area contributed by atoms with E-state index in [1.54, 1.807) is 29.2 Å². The Kier molecular flexibility index (Phi) is 12.4. The number of amides is 4. The largest absolute Gasteiger partial charge is 0.368 e. The third kappa shape index (κ3) is 9.83. The van der Waals surface area contributed by atoms with Gasteiger partial charge in [-0.2, -0.15) is 0 Å². The molecule has 2 atom stereocenters. The number of imide groups is 1. The summed E-state index contributed by atoms with van der Waals surface area (Å²) < 4.78 is 23.6. The number of H-pyrrole nitrogens is 1. The number of nitrogens with one attached hydrogen (secondary N) is 3. The van der Waals surface area contributed by atoms with Gasteiger partial charge in [-0.15, -0.1) is 0 Å². The predicted octanol–water partition coefficient (Wildman–Crippen LogP) is 3.94. The van der Waals surface area contributed by atoms with Crippen molar-refractivity contribution in [2.24, 2.45) is 10.7 Å². The van der Waals surface area contributed by atoms with Gasteiger partial charge in [0.25, 0.3) is 5.91 Å². The first-order chi connectivity index (χ1) is 27.9. The van der Waals surface area contributed by atoms with Crippen molar-refractivity contribution in [3.8, 4) is 11.3 Å². The van der Waals surface area contributed by atoms with Crippen LogP contribution in [0.3, 0.4) is 0 Å². The molecule has 4 aromatic rings. The molecule has 0 aliphatic carbocycles. The lowest BCUT2D eigenvalue weighted by Crippen LogP contribution is -2.52. The van der Waals surface area contributed by atoms with E-state index in [0.717, 1.165) is 79.0 Å². The number of unbranched alkanes of at least 4 members (excludes halogenated alkanes) is 3. The Morgan fingerprint density at radius 2 is 1.66 bits per heavy atom. The van der Waals surface area contributed by atoms with Crippen molar-refractivity contribution in [1.82, 2.24) is 20.1 Å². The van der Waals surface area contributed by atoms with Crippen LogP contribution < -0.4 is 26.8 Å². The third-order valence-electron chi connectivity index (χ3n) is 11.0. The number of benzene rings is 3. The number of anilines is 2. The summed E-state index contributed by atoms with van der Waals surface area (Å²) in [4.78, 5) is 63.9. The smallest absolute Gasteiger partial charge is 0.255 e. The fourth-order valence-corrected chi connectivity index (χ4v) is 8.42. The molecule has 0 bridgehead atoms. The molecule has 58 heavy (non-hydrogen) atoms. The molecule has 2 unspecified atom stereocenters. The van der Waals surface area contributed by atoms with E-state index in [1.807, 2.05) is 59.5 Å². The van der Waals surface area contributed by atoms with Crippen LogP contribution in [0.25, 0.3) is 11.3 Å². The maximum atomic E-state index is 13.1. The van der Waals surface area contributed by atoms with Crippen molar-refractivity contribution >= 4 is 44.8 Å². The minimum absolute atomic E-state index is 0.149. The van der Waals surface area contributed by atoms with Crippen LogP contribution in [0.4, 0.5) is 11.4 Å². The van der Waals surface area contributed by atoms with E-state index in [9.17, 15) is 27.6 Å². The number of piperazine rings is 1. The second kappa shape index (κ2) is 17.8. The second-order valence-corrected chi connectivity index (χ2v) is 17.2. The van der Waals surface area contributed by atoms with Crippen LogP contribution in [0.5, 0.6) is 0 Å². The van der Waals surface area contributed by atoms with Crippen LogP contribution in [0.15, 0.2) is 94.8 Å². The van der Waals surface area contributed by atoms with Crippen LogP contribution in [-0.4, -0.2) is 91.6 Å². The third-order valence-corrected chi connectivity index (χ3v) is 12.2. The van der Waals surface area contributed by atoms with Crippen LogP contribution in [0, 0.1) is 0 Å². The van der Waals surface area contributed by atoms with Gasteiger partial charge >= 0.3 is 0 Å². The topological polar surface area (TPSA) is 190 Å². The lowest BCUT2D eigenvalue weighted by molar-refractivity contribution is -0.137. The molecule has 4 heterocycles. The van der Waals surface area contributed by atoms with E-state index in [0.29, 0.717) is 43.5 Å². The fraction of sp³-hybridized carbons (Fsp3) is 0.372. The summed E-state index contributed by atoms with van der Waals surface area (Å²) in [6.45, 7) is 3.25. The van der Waals surface area contributed by atoms with Crippen molar-refractivity contribution in [2.45, 2.75) is 75.1 Å². The minimum atomic E-state index is -3.27. The first-order valence-corrected chi connectivity index (χ1v) is 21.8. The Balaban J connectivity index is 0.798. The Bertz CT molecular complexity index is 2340. The number of nitrogens with two attached hydrogens (primary N) is 1. The summed E-state index contributed by atoms with van der Waals surface area (Å²) in [5, 5.41) is 5.56. The SMILES string of the molecule is CS(=O)(=O)c1ccc(-c2ccc/c(=N/C(N)Nc3ccc(N4CCN(C(=O)CCCCCCc5ccc6c(c5)C(=O)N(C5CCC(=O)NC5=O)C6)CC4)cc3)[nH]2)cc1. The first kappa shape index (κ1) is 40.4. The Morgan fingerprint density at radius 1 is 0.914 bits per heavy atom. The highest BCUT2D eigenvalue weighted by atomic mass is 32.2. The van der Waals surface area contributed by atoms with Gasteiger partial charge in [-0.05, 0) is 97.0 Å². The monoisotopic (exact) mass is 806 g/mol. The van der Waals surface area contributed by atoms with Gasteiger partial charge in [0.2, 0.25) is 17.7 Å². The number of nitrogens with zero attached hydrogens (tertiary/aromatic N) is 4. The van der Waals surface area contributed by atoms with Gasteiger partial charge in [-0.1, -0.05) is 43.2 Å². The maximum Gasteiger partial charge on any atom is 0.255 e. The van der Waals surface area contributed by atoms with Crippen LogP contribution in [-0.2, 0) is 37.2 Å². The number of aryl methyl sites for hydroxylation is 1. The number of sulfone groups is 1. The molecule has 7 rings (SSSR count). The Hall–Kier alpha value is -5.80. The molecule has 0 radical (unpaired) electrons. The van der Waals surface area contributed by atoms with Crippen LogP contribution in [0.1, 0.15) is 66.4 Å². The molecular formula is C43H50N8O6S. The number of pyridine rings is 1. The zero-order valence-corrected chi connectivity index (χ0v) is 33.5. The highest BCUT2D eigenvalue weighted by molar-refractivity contribution is 7.90. The highest BCUT2D eigenvalue weighted by Gasteiger charge is 2.39. The summed E-state index contributed by atoms with van der Waals surface area (Å²) in [5.41, 5.74) is 13.0. The van der Waals surface area contributed by atoms with Gasteiger partial charge in [0.15, 0.2) is 16.1 Å². The molecule has 2 saturated heterocycles. The fourth-order valence-electron chi connectivity index (χ4n) is 7.79. The highest BCUT2D eigenvalue weighted by Crippen LogP contribution is 2.29. The van der Waals surface area contributed by atoms with Crippen molar-refractivity contribution in [3.05, 3.63) is 107 Å². The van der Waals surface area contributed by atoms with Crippen LogP contribution in [0.2, 0.25) is 0 Å². The molecule has 5 N–H and O–H groups in total. The normalized spacial score (nSPS) is 18.0. The Morgan fingerprint density at radius 3 is 2.38 bits per heavy atom. The number of carbonyl (C=O) groups is 4. The van der Waals surface area contributed by atoms with E-state index in [2.05, 4.69) is 31.6 Å². The van der Waals surface area contributed by atoms with Gasteiger partial charge in [0.05, 0.1) is 4.90 Å². The number of rotatable bonds is 14. The number of carbonyl (C=O) groups excluding carboxylic acids is 4. The molecule has 3 aliphatic heterocycles. The van der Waals surface area contributed by atoms with E-state index < -0.39 is 28.1 Å². The molecule has 3 aromatic carbocycles. The predicted molar refractivity (Wildman–Crippen MR) is 221 cm³/mol. The number of hydrogen-bond acceptors (Lipinski definition) is 10. The second-order valence-electron chi connectivity index (χ2n) is 15.2. The summed E-state index contributed by atoms with van der Waals surface area (Å²) in [5.74, 6) is -0.641. The number of fused-ring (bicyclic) bond motifs is 1. The van der Waals surface area contributed by atoms with E-state index in [1.165, 1.54) is 6.26 Å². The minimum Gasteiger partial charge on any atom is -0.368 e. The van der Waals surface area contributed by atoms with Crippen LogP contribution >= 0.6 is 0 Å². The van der Waals surface area contributed by atoms with Crippen molar-refractivity contribution in [1.29, 1.82) is 0 Å². The van der Waals surface area contributed by atoms with Gasteiger partial charge in [0, 0.05) is 74.5 Å². The molecule has 0 spiro atoms.